The number of carbonyl (C=O) groups excluding carboxylic acids is 3. The summed E-state index contributed by atoms with van der Waals surface area (Å²) in [5.41, 5.74) is -0.0450. The molecule has 3 amide bonds. The Kier molecular flexibility index (Phi) is 10.2. The first kappa shape index (κ1) is 31.4. The van der Waals surface area contributed by atoms with Crippen LogP contribution in [-0.4, -0.2) is 102 Å². The molecule has 222 valence electrons. The van der Waals surface area contributed by atoms with Gasteiger partial charge in [0.15, 0.2) is 9.84 Å². The van der Waals surface area contributed by atoms with E-state index in [1.54, 1.807) is 63.1 Å². The maximum absolute atomic E-state index is 13.5. The second-order valence-electron chi connectivity index (χ2n) is 11.7. The number of amides is 3. The van der Waals surface area contributed by atoms with E-state index < -0.39 is 57.0 Å². The van der Waals surface area contributed by atoms with Crippen LogP contribution in [0.2, 0.25) is 0 Å². The Balaban J connectivity index is 1.70. The molecule has 2 aliphatic heterocycles. The van der Waals surface area contributed by atoms with Crippen LogP contribution in [0.5, 0.6) is 0 Å². The van der Waals surface area contributed by atoms with Crippen LogP contribution in [0.4, 0.5) is 4.79 Å². The number of aliphatic carboxylic acids is 1. The molecule has 0 radical (unpaired) electrons. The highest BCUT2D eigenvalue weighted by molar-refractivity contribution is 7.90. The molecule has 12 heteroatoms. The van der Waals surface area contributed by atoms with Gasteiger partial charge in [-0.25, -0.2) is 18.0 Å². The zero-order valence-electron chi connectivity index (χ0n) is 23.7. The number of ether oxygens (including phenoxy) is 1. The monoisotopic (exact) mass is 579 g/mol. The molecule has 11 nitrogen and oxygen atoms in total. The topological polar surface area (TPSA) is 142 Å². The predicted molar refractivity (Wildman–Crippen MR) is 148 cm³/mol. The number of piperidine rings is 1. The van der Waals surface area contributed by atoms with E-state index in [2.05, 4.69) is 0 Å². The molecular weight excluding hydrogens is 538 g/mol. The molecule has 2 saturated heterocycles. The molecule has 0 aromatic heterocycles. The number of carbonyl (C=O) groups is 4. The zero-order chi connectivity index (χ0) is 29.7. The molecule has 1 aromatic rings. The molecule has 0 saturated carbocycles. The van der Waals surface area contributed by atoms with Crippen LogP contribution < -0.4 is 0 Å². The summed E-state index contributed by atoms with van der Waals surface area (Å²) in [7, 11) is -2.18. The molecule has 0 bridgehead atoms. The molecule has 1 aromatic carbocycles. The maximum Gasteiger partial charge on any atom is 0.410 e. The summed E-state index contributed by atoms with van der Waals surface area (Å²) in [6.07, 6.45) is 1.05. The zero-order valence-corrected chi connectivity index (χ0v) is 24.6. The third-order valence-electron chi connectivity index (χ3n) is 7.33. The van der Waals surface area contributed by atoms with Crippen LogP contribution in [0.25, 0.3) is 0 Å². The second-order valence-corrected chi connectivity index (χ2v) is 13.8. The van der Waals surface area contributed by atoms with Gasteiger partial charge in [0.2, 0.25) is 11.8 Å². The van der Waals surface area contributed by atoms with Gasteiger partial charge in [0.25, 0.3) is 0 Å². The Morgan fingerprint density at radius 3 is 2.25 bits per heavy atom. The van der Waals surface area contributed by atoms with E-state index in [1.807, 2.05) is 0 Å². The minimum absolute atomic E-state index is 0.193. The molecule has 3 rings (SSSR count). The van der Waals surface area contributed by atoms with Crippen LogP contribution in [0, 0.1) is 5.92 Å². The summed E-state index contributed by atoms with van der Waals surface area (Å²) in [5, 5.41) is 9.58. The number of benzene rings is 1. The molecule has 40 heavy (non-hydrogen) atoms. The summed E-state index contributed by atoms with van der Waals surface area (Å²) in [6, 6.07) is 7.35. The SMILES string of the molecule is CN(C(=O)C[C@@H](CS(=O)(=O)Cc1ccccc1)C(=O)N1CCC[C@H]1C(=O)O)C1CCN(C(=O)OC(C)(C)C)CC1. The van der Waals surface area contributed by atoms with Crippen LogP contribution in [0.1, 0.15) is 58.4 Å². The Hall–Kier alpha value is -3.15. The number of sulfone groups is 1. The first-order valence-electron chi connectivity index (χ1n) is 13.7. The van der Waals surface area contributed by atoms with Crippen molar-refractivity contribution in [1.82, 2.24) is 14.7 Å². The third-order valence-corrected chi connectivity index (χ3v) is 9.02. The van der Waals surface area contributed by atoms with Crippen LogP contribution in [0.15, 0.2) is 30.3 Å². The van der Waals surface area contributed by atoms with Crippen molar-refractivity contribution in [2.75, 3.05) is 32.4 Å². The lowest BCUT2D eigenvalue weighted by Crippen LogP contribution is -2.50. The maximum atomic E-state index is 13.5. The molecule has 0 aliphatic carbocycles. The van der Waals surface area contributed by atoms with Gasteiger partial charge in [0.1, 0.15) is 11.6 Å². The van der Waals surface area contributed by atoms with Gasteiger partial charge in [-0.3, -0.25) is 9.59 Å². The number of carboxylic acid groups (broad SMARTS) is 1. The van der Waals surface area contributed by atoms with Crippen molar-refractivity contribution in [2.45, 2.75) is 76.3 Å². The Bertz CT molecular complexity index is 1170. The molecule has 2 aliphatic rings. The summed E-state index contributed by atoms with van der Waals surface area (Å²) in [6.45, 7) is 6.39. The quantitative estimate of drug-likeness (QED) is 0.471. The van der Waals surface area contributed by atoms with Gasteiger partial charge in [-0.05, 0) is 52.0 Å². The smallest absolute Gasteiger partial charge is 0.410 e. The van der Waals surface area contributed by atoms with E-state index in [-0.39, 0.29) is 31.2 Å². The van der Waals surface area contributed by atoms with Gasteiger partial charge in [-0.1, -0.05) is 30.3 Å². The highest BCUT2D eigenvalue weighted by atomic mass is 32.2. The van der Waals surface area contributed by atoms with Gasteiger partial charge in [0, 0.05) is 39.1 Å². The van der Waals surface area contributed by atoms with Crippen molar-refractivity contribution < 1.29 is 37.4 Å². The van der Waals surface area contributed by atoms with Crippen molar-refractivity contribution in [3.05, 3.63) is 35.9 Å². The molecule has 2 atom stereocenters. The average molecular weight is 580 g/mol. The largest absolute Gasteiger partial charge is 0.480 e. The highest BCUT2D eigenvalue weighted by Crippen LogP contribution is 2.25. The lowest BCUT2D eigenvalue weighted by molar-refractivity contribution is -0.150. The number of hydrogen-bond acceptors (Lipinski definition) is 7. The third kappa shape index (κ3) is 8.67. The normalized spacial score (nSPS) is 19.2. The van der Waals surface area contributed by atoms with E-state index in [4.69, 9.17) is 4.74 Å². The lowest BCUT2D eigenvalue weighted by Gasteiger charge is -2.37. The molecule has 0 unspecified atom stereocenters. The number of carboxylic acids is 1. The number of nitrogens with zero attached hydrogens (tertiary/aromatic N) is 3. The van der Waals surface area contributed by atoms with Crippen molar-refractivity contribution in [1.29, 1.82) is 0 Å². The van der Waals surface area contributed by atoms with Gasteiger partial charge in [0.05, 0.1) is 17.4 Å². The minimum Gasteiger partial charge on any atom is -0.480 e. The summed E-state index contributed by atoms with van der Waals surface area (Å²) in [5.74, 6) is -4.20. The number of hydrogen-bond donors (Lipinski definition) is 1. The standard InChI is InChI=1S/C28H41N3O8S/c1-28(2,3)39-27(36)30-15-12-22(13-16-30)29(4)24(32)17-21(25(33)31-14-8-11-23(31)26(34)35)19-40(37,38)18-20-9-6-5-7-10-20/h5-7,9-10,21-23H,8,11-19H2,1-4H3,(H,34,35)/t21-,23-/m0/s1. The van der Waals surface area contributed by atoms with Crippen molar-refractivity contribution in [3.8, 4) is 0 Å². The van der Waals surface area contributed by atoms with Crippen molar-refractivity contribution in [2.24, 2.45) is 5.92 Å². The van der Waals surface area contributed by atoms with Crippen LogP contribution in [-0.2, 0) is 34.7 Å². The predicted octanol–water partition coefficient (Wildman–Crippen LogP) is 2.54. The van der Waals surface area contributed by atoms with E-state index in [1.165, 1.54) is 9.80 Å². The van der Waals surface area contributed by atoms with E-state index in [0.29, 0.717) is 37.9 Å². The van der Waals surface area contributed by atoms with Crippen molar-refractivity contribution >= 4 is 33.7 Å². The van der Waals surface area contributed by atoms with Crippen LogP contribution >= 0.6 is 0 Å². The van der Waals surface area contributed by atoms with Gasteiger partial charge >= 0.3 is 12.1 Å². The lowest BCUT2D eigenvalue weighted by atomic mass is 10.0. The van der Waals surface area contributed by atoms with E-state index >= 15 is 0 Å². The fourth-order valence-corrected chi connectivity index (χ4v) is 6.95. The summed E-state index contributed by atoms with van der Waals surface area (Å²) in [4.78, 5) is 55.3. The molecule has 2 heterocycles. The Morgan fingerprint density at radius 2 is 1.68 bits per heavy atom. The molecular formula is C28H41N3O8S. The highest BCUT2D eigenvalue weighted by Gasteiger charge is 2.40. The Morgan fingerprint density at radius 1 is 1.05 bits per heavy atom. The van der Waals surface area contributed by atoms with Gasteiger partial charge < -0.3 is 24.5 Å². The summed E-state index contributed by atoms with van der Waals surface area (Å²) < 4.78 is 31.7. The minimum atomic E-state index is -3.80. The van der Waals surface area contributed by atoms with Crippen LogP contribution in [0.3, 0.4) is 0 Å². The van der Waals surface area contributed by atoms with Gasteiger partial charge in [-0.15, -0.1) is 0 Å². The average Bonchev–Trinajstić information content (AvgIpc) is 3.37. The van der Waals surface area contributed by atoms with Gasteiger partial charge in [-0.2, -0.15) is 0 Å². The first-order valence-corrected chi connectivity index (χ1v) is 15.5. The van der Waals surface area contributed by atoms with E-state index in [9.17, 15) is 32.7 Å². The molecule has 1 N–H and O–H groups in total. The second kappa shape index (κ2) is 13.0. The number of rotatable bonds is 9. The number of likely N-dealkylation sites (tertiary alicyclic amines) is 2. The van der Waals surface area contributed by atoms with E-state index in [0.717, 1.165) is 0 Å². The fraction of sp³-hybridized carbons (Fsp3) is 0.643. The van der Waals surface area contributed by atoms with Crippen molar-refractivity contribution in [3.63, 3.8) is 0 Å². The molecule has 2 fully saturated rings. The fourth-order valence-electron chi connectivity index (χ4n) is 5.25. The first-order chi connectivity index (χ1) is 18.7. The molecule has 0 spiro atoms. The summed E-state index contributed by atoms with van der Waals surface area (Å²) >= 11 is 0. The Labute approximate surface area is 236 Å².